The third-order valence-corrected chi connectivity index (χ3v) is 4.60. The van der Waals surface area contributed by atoms with Gasteiger partial charge in [-0.3, -0.25) is 0 Å². The van der Waals surface area contributed by atoms with Gasteiger partial charge in [0.15, 0.2) is 0 Å². The second-order valence-corrected chi connectivity index (χ2v) is 7.79. The monoisotopic (exact) mass is 295 g/mol. The quantitative estimate of drug-likeness (QED) is 0.862. The van der Waals surface area contributed by atoms with Gasteiger partial charge >= 0.3 is 6.09 Å². The Morgan fingerprint density at radius 1 is 1.05 bits per heavy atom. The standard InChI is InChI=1S/C16H29N3O2/c1-16(2,3)21-15(20)19-10-13(11-19)17-12-6-8-18(9-7-12)14-4-5-14/h12-14,17H,4-11H2,1-3H3. The molecule has 120 valence electrons. The van der Waals surface area contributed by atoms with E-state index >= 15 is 0 Å². The number of likely N-dealkylation sites (tertiary alicyclic amines) is 2. The van der Waals surface area contributed by atoms with Crippen molar-refractivity contribution in [3.8, 4) is 0 Å². The zero-order valence-electron chi connectivity index (χ0n) is 13.6. The lowest BCUT2D eigenvalue weighted by atomic mass is 10.0. The van der Waals surface area contributed by atoms with Crippen LogP contribution in [0.3, 0.4) is 0 Å². The van der Waals surface area contributed by atoms with Gasteiger partial charge in [0.25, 0.3) is 0 Å². The average Bonchev–Trinajstić information content (AvgIpc) is 3.15. The number of hydrogen-bond acceptors (Lipinski definition) is 4. The van der Waals surface area contributed by atoms with Crippen molar-refractivity contribution in [1.29, 1.82) is 0 Å². The van der Waals surface area contributed by atoms with Crippen molar-refractivity contribution in [3.05, 3.63) is 0 Å². The summed E-state index contributed by atoms with van der Waals surface area (Å²) in [6.07, 6.45) is 5.14. The molecule has 1 saturated carbocycles. The highest BCUT2D eigenvalue weighted by Crippen LogP contribution is 2.29. The average molecular weight is 295 g/mol. The molecule has 0 aromatic carbocycles. The molecule has 2 saturated heterocycles. The first kappa shape index (κ1) is 15.1. The maximum Gasteiger partial charge on any atom is 0.410 e. The lowest BCUT2D eigenvalue weighted by Gasteiger charge is -2.43. The summed E-state index contributed by atoms with van der Waals surface area (Å²) in [5.41, 5.74) is -0.398. The maximum atomic E-state index is 11.9. The first-order valence-corrected chi connectivity index (χ1v) is 8.39. The number of carbonyl (C=O) groups excluding carboxylic acids is 1. The van der Waals surface area contributed by atoms with E-state index in [1.807, 2.05) is 20.8 Å². The van der Waals surface area contributed by atoms with Crippen LogP contribution in [0.5, 0.6) is 0 Å². The van der Waals surface area contributed by atoms with E-state index in [9.17, 15) is 4.79 Å². The molecule has 21 heavy (non-hydrogen) atoms. The highest BCUT2D eigenvalue weighted by atomic mass is 16.6. The molecule has 3 aliphatic rings. The van der Waals surface area contributed by atoms with Crippen LogP contribution in [0.15, 0.2) is 0 Å². The third-order valence-electron chi connectivity index (χ3n) is 4.60. The fourth-order valence-corrected chi connectivity index (χ4v) is 3.26. The van der Waals surface area contributed by atoms with Crippen LogP contribution in [-0.2, 0) is 4.74 Å². The maximum absolute atomic E-state index is 11.9. The molecule has 1 aliphatic carbocycles. The van der Waals surface area contributed by atoms with Crippen LogP contribution in [0.1, 0.15) is 46.5 Å². The van der Waals surface area contributed by atoms with Crippen LogP contribution in [0.2, 0.25) is 0 Å². The van der Waals surface area contributed by atoms with E-state index in [2.05, 4.69) is 10.2 Å². The van der Waals surface area contributed by atoms with E-state index in [4.69, 9.17) is 4.74 Å². The Morgan fingerprint density at radius 2 is 1.67 bits per heavy atom. The number of nitrogens with zero attached hydrogens (tertiary/aromatic N) is 2. The van der Waals surface area contributed by atoms with Crippen LogP contribution in [0.4, 0.5) is 4.79 Å². The topological polar surface area (TPSA) is 44.8 Å². The molecule has 0 aromatic heterocycles. The first-order valence-electron chi connectivity index (χ1n) is 8.39. The van der Waals surface area contributed by atoms with E-state index in [0.29, 0.717) is 12.1 Å². The minimum absolute atomic E-state index is 0.177. The van der Waals surface area contributed by atoms with Crippen molar-refractivity contribution < 1.29 is 9.53 Å². The number of ether oxygens (including phenoxy) is 1. The summed E-state index contributed by atoms with van der Waals surface area (Å²) in [5, 5.41) is 3.71. The van der Waals surface area contributed by atoms with Gasteiger partial charge in [-0.25, -0.2) is 4.79 Å². The number of hydrogen-bond donors (Lipinski definition) is 1. The Bertz CT molecular complexity index is 375. The Labute approximate surface area is 128 Å². The number of carbonyl (C=O) groups is 1. The molecule has 1 amide bonds. The molecule has 3 fully saturated rings. The summed E-state index contributed by atoms with van der Waals surface area (Å²) < 4.78 is 5.38. The molecule has 1 N–H and O–H groups in total. The van der Waals surface area contributed by atoms with Gasteiger partial charge in [-0.2, -0.15) is 0 Å². The van der Waals surface area contributed by atoms with Crippen molar-refractivity contribution in [2.24, 2.45) is 0 Å². The van der Waals surface area contributed by atoms with E-state index in [1.165, 1.54) is 38.8 Å². The predicted molar refractivity (Wildman–Crippen MR) is 82.3 cm³/mol. The Kier molecular flexibility index (Phi) is 4.14. The molecule has 0 radical (unpaired) electrons. The Balaban J connectivity index is 1.33. The fraction of sp³-hybridized carbons (Fsp3) is 0.938. The Morgan fingerprint density at radius 3 is 2.19 bits per heavy atom. The zero-order valence-corrected chi connectivity index (χ0v) is 13.6. The van der Waals surface area contributed by atoms with Gasteiger partial charge in [-0.1, -0.05) is 0 Å². The predicted octanol–water partition coefficient (Wildman–Crippen LogP) is 1.82. The molecule has 5 nitrogen and oxygen atoms in total. The minimum atomic E-state index is -0.398. The molecule has 0 atom stereocenters. The van der Waals surface area contributed by atoms with Crippen LogP contribution >= 0.6 is 0 Å². The van der Waals surface area contributed by atoms with Gasteiger partial charge < -0.3 is 19.9 Å². The molecule has 2 aliphatic heterocycles. The van der Waals surface area contributed by atoms with Gasteiger partial charge in [0.1, 0.15) is 5.60 Å². The minimum Gasteiger partial charge on any atom is -0.444 e. The van der Waals surface area contributed by atoms with E-state index < -0.39 is 5.60 Å². The van der Waals surface area contributed by atoms with Crippen LogP contribution < -0.4 is 5.32 Å². The lowest BCUT2D eigenvalue weighted by molar-refractivity contribution is 0.00309. The molecular weight excluding hydrogens is 266 g/mol. The SMILES string of the molecule is CC(C)(C)OC(=O)N1CC(NC2CCN(C3CC3)CC2)C1. The molecule has 0 unspecified atom stereocenters. The molecule has 5 heteroatoms. The number of piperidine rings is 1. The summed E-state index contributed by atoms with van der Waals surface area (Å²) in [4.78, 5) is 16.3. The largest absolute Gasteiger partial charge is 0.444 e. The van der Waals surface area contributed by atoms with Crippen molar-refractivity contribution in [2.45, 2.75) is 70.2 Å². The van der Waals surface area contributed by atoms with Crippen molar-refractivity contribution in [2.75, 3.05) is 26.2 Å². The number of amides is 1. The zero-order chi connectivity index (χ0) is 15.0. The Hall–Kier alpha value is -0.810. The fourth-order valence-electron chi connectivity index (χ4n) is 3.26. The molecular formula is C16H29N3O2. The van der Waals surface area contributed by atoms with Gasteiger partial charge in [-0.15, -0.1) is 0 Å². The molecule has 0 bridgehead atoms. The first-order chi connectivity index (χ1) is 9.90. The normalized spacial score (nSPS) is 25.8. The van der Waals surface area contributed by atoms with Crippen molar-refractivity contribution in [3.63, 3.8) is 0 Å². The summed E-state index contributed by atoms with van der Waals surface area (Å²) in [5.74, 6) is 0. The summed E-state index contributed by atoms with van der Waals surface area (Å²) in [6.45, 7) is 9.79. The highest BCUT2D eigenvalue weighted by molar-refractivity contribution is 5.69. The summed E-state index contributed by atoms with van der Waals surface area (Å²) >= 11 is 0. The smallest absolute Gasteiger partial charge is 0.410 e. The summed E-state index contributed by atoms with van der Waals surface area (Å²) in [7, 11) is 0. The lowest BCUT2D eigenvalue weighted by Crippen LogP contribution is -2.63. The second-order valence-electron chi connectivity index (χ2n) is 7.79. The molecule has 3 rings (SSSR count). The molecule has 0 aromatic rings. The van der Waals surface area contributed by atoms with Gasteiger partial charge in [0.2, 0.25) is 0 Å². The van der Waals surface area contributed by atoms with E-state index in [-0.39, 0.29) is 6.09 Å². The second kappa shape index (κ2) is 5.76. The summed E-state index contributed by atoms with van der Waals surface area (Å²) in [6, 6.07) is 1.98. The van der Waals surface area contributed by atoms with E-state index in [1.54, 1.807) is 4.90 Å². The molecule has 0 spiro atoms. The van der Waals surface area contributed by atoms with Gasteiger partial charge in [0, 0.05) is 31.2 Å². The molecule has 2 heterocycles. The highest BCUT2D eigenvalue weighted by Gasteiger charge is 2.36. The van der Waals surface area contributed by atoms with Crippen LogP contribution in [0.25, 0.3) is 0 Å². The van der Waals surface area contributed by atoms with Crippen molar-refractivity contribution in [1.82, 2.24) is 15.1 Å². The van der Waals surface area contributed by atoms with Crippen LogP contribution in [0, 0.1) is 0 Å². The van der Waals surface area contributed by atoms with E-state index in [0.717, 1.165) is 19.1 Å². The number of nitrogens with one attached hydrogen (secondary N) is 1. The third kappa shape index (κ3) is 4.10. The van der Waals surface area contributed by atoms with Gasteiger partial charge in [-0.05, 0) is 59.5 Å². The van der Waals surface area contributed by atoms with Crippen LogP contribution in [-0.4, -0.2) is 65.8 Å². The van der Waals surface area contributed by atoms with Gasteiger partial charge in [0.05, 0.1) is 0 Å². The van der Waals surface area contributed by atoms with Crippen molar-refractivity contribution >= 4 is 6.09 Å². The number of rotatable bonds is 3.